The molecule has 0 spiro atoms. The summed E-state index contributed by atoms with van der Waals surface area (Å²) in [5.74, 6) is 0.597. The molecule has 0 amide bonds. The molecule has 0 aliphatic rings. The van der Waals surface area contributed by atoms with Crippen molar-refractivity contribution < 1.29 is 9.53 Å². The van der Waals surface area contributed by atoms with E-state index < -0.39 is 0 Å². The van der Waals surface area contributed by atoms with Crippen LogP contribution in [0.4, 0.5) is 0 Å². The van der Waals surface area contributed by atoms with Crippen LogP contribution >= 0.6 is 0 Å². The molecule has 0 saturated carbocycles. The number of aryl methyl sites for hydroxylation is 1. The number of carbonyl (C=O) groups excluding carboxylic acids is 1. The lowest BCUT2D eigenvalue weighted by atomic mass is 10.1. The Morgan fingerprint density at radius 3 is 2.68 bits per heavy atom. The Balaban J connectivity index is 2.43. The lowest BCUT2D eigenvalue weighted by Crippen LogP contribution is -2.23. The molecule has 2 aromatic rings. The molecule has 100 valence electrons. The summed E-state index contributed by atoms with van der Waals surface area (Å²) in [5.41, 5.74) is 1.12. The van der Waals surface area contributed by atoms with E-state index in [4.69, 9.17) is 4.74 Å². The van der Waals surface area contributed by atoms with E-state index in [-0.39, 0.29) is 18.0 Å². The minimum absolute atomic E-state index is 0.0303. The fraction of sp³-hybridized carbons (Fsp3) is 0.308. The first-order valence-electron chi connectivity index (χ1n) is 5.79. The van der Waals surface area contributed by atoms with Crippen molar-refractivity contribution in [1.82, 2.24) is 14.3 Å². The third-order valence-corrected chi connectivity index (χ3v) is 2.89. The Labute approximate surface area is 110 Å². The number of hydrogen-bond donors (Lipinski definition) is 0. The Hall–Kier alpha value is -2.37. The van der Waals surface area contributed by atoms with E-state index >= 15 is 0 Å². The SMILES string of the molecule is COc1ccc(C(C)=O)cc1Cn1ncn(C)c1=O. The Kier molecular flexibility index (Phi) is 3.50. The van der Waals surface area contributed by atoms with Gasteiger partial charge >= 0.3 is 5.69 Å². The Morgan fingerprint density at radius 2 is 2.16 bits per heavy atom. The van der Waals surface area contributed by atoms with Crippen molar-refractivity contribution in [2.75, 3.05) is 7.11 Å². The van der Waals surface area contributed by atoms with Gasteiger partial charge in [-0.05, 0) is 25.1 Å². The number of rotatable bonds is 4. The predicted octanol–water partition coefficient (Wildman–Crippen LogP) is 0.841. The largest absolute Gasteiger partial charge is 0.496 e. The van der Waals surface area contributed by atoms with Crippen LogP contribution < -0.4 is 10.4 Å². The zero-order chi connectivity index (χ0) is 14.0. The zero-order valence-electron chi connectivity index (χ0n) is 11.1. The van der Waals surface area contributed by atoms with Gasteiger partial charge in [0.25, 0.3) is 0 Å². The van der Waals surface area contributed by atoms with Crippen LogP contribution in [0, 0.1) is 0 Å². The van der Waals surface area contributed by atoms with Gasteiger partial charge in [-0.2, -0.15) is 5.10 Å². The molecular formula is C13H15N3O3. The number of methoxy groups -OCH3 is 1. The molecule has 1 aromatic heterocycles. The molecule has 0 aliphatic heterocycles. The Morgan fingerprint density at radius 1 is 1.42 bits per heavy atom. The zero-order valence-corrected chi connectivity index (χ0v) is 11.1. The maximum Gasteiger partial charge on any atom is 0.345 e. The van der Waals surface area contributed by atoms with Gasteiger partial charge in [-0.1, -0.05) is 0 Å². The van der Waals surface area contributed by atoms with E-state index in [2.05, 4.69) is 5.10 Å². The lowest BCUT2D eigenvalue weighted by molar-refractivity contribution is 0.101. The summed E-state index contributed by atoms with van der Waals surface area (Å²) in [4.78, 5) is 23.1. The molecule has 19 heavy (non-hydrogen) atoms. The molecule has 1 aromatic carbocycles. The molecular weight excluding hydrogens is 246 g/mol. The quantitative estimate of drug-likeness (QED) is 0.765. The second-order valence-electron chi connectivity index (χ2n) is 4.26. The molecule has 0 fully saturated rings. The minimum atomic E-state index is -0.213. The van der Waals surface area contributed by atoms with Gasteiger partial charge in [-0.3, -0.25) is 9.36 Å². The van der Waals surface area contributed by atoms with Gasteiger partial charge in [0.1, 0.15) is 12.1 Å². The molecule has 0 radical (unpaired) electrons. The number of benzene rings is 1. The highest BCUT2D eigenvalue weighted by Crippen LogP contribution is 2.20. The van der Waals surface area contributed by atoms with Crippen LogP contribution in [0.2, 0.25) is 0 Å². The summed E-state index contributed by atoms with van der Waals surface area (Å²) >= 11 is 0. The first-order chi connectivity index (χ1) is 9.02. The number of aromatic nitrogens is 3. The van der Waals surface area contributed by atoms with Crippen molar-refractivity contribution in [1.29, 1.82) is 0 Å². The van der Waals surface area contributed by atoms with Crippen molar-refractivity contribution in [2.24, 2.45) is 7.05 Å². The molecule has 6 heteroatoms. The third-order valence-electron chi connectivity index (χ3n) is 2.89. The molecule has 0 saturated heterocycles. The standard InChI is InChI=1S/C13H15N3O3/c1-9(17)10-4-5-12(19-3)11(6-10)7-16-13(18)15(2)8-14-16/h4-6,8H,7H2,1-3H3. The van der Waals surface area contributed by atoms with E-state index in [0.717, 1.165) is 5.56 Å². The molecule has 0 bridgehead atoms. The molecule has 0 atom stereocenters. The average Bonchev–Trinajstić information content (AvgIpc) is 2.70. The molecule has 6 nitrogen and oxygen atoms in total. The Bertz CT molecular complexity index is 670. The summed E-state index contributed by atoms with van der Waals surface area (Å²) in [6, 6.07) is 5.15. The maximum atomic E-state index is 11.7. The van der Waals surface area contributed by atoms with E-state index in [0.29, 0.717) is 11.3 Å². The van der Waals surface area contributed by atoms with E-state index in [9.17, 15) is 9.59 Å². The fourth-order valence-corrected chi connectivity index (χ4v) is 1.81. The predicted molar refractivity (Wildman–Crippen MR) is 69.6 cm³/mol. The topological polar surface area (TPSA) is 66.1 Å². The van der Waals surface area contributed by atoms with Crippen molar-refractivity contribution in [3.05, 3.63) is 46.1 Å². The van der Waals surface area contributed by atoms with Crippen LogP contribution in [0.5, 0.6) is 5.75 Å². The second-order valence-corrected chi connectivity index (χ2v) is 4.26. The number of ketones is 1. The first-order valence-corrected chi connectivity index (χ1v) is 5.79. The van der Waals surface area contributed by atoms with Gasteiger partial charge in [-0.15, -0.1) is 0 Å². The van der Waals surface area contributed by atoms with Gasteiger partial charge in [-0.25, -0.2) is 9.48 Å². The fourth-order valence-electron chi connectivity index (χ4n) is 1.81. The van der Waals surface area contributed by atoms with Crippen molar-refractivity contribution in [3.8, 4) is 5.75 Å². The van der Waals surface area contributed by atoms with Crippen LogP contribution in [0.15, 0.2) is 29.3 Å². The van der Waals surface area contributed by atoms with Crippen LogP contribution in [-0.2, 0) is 13.6 Å². The molecule has 0 aliphatic carbocycles. The summed E-state index contributed by atoms with van der Waals surface area (Å²) in [6.07, 6.45) is 1.45. The van der Waals surface area contributed by atoms with Gasteiger partial charge in [0.2, 0.25) is 0 Å². The molecule has 0 unspecified atom stereocenters. The van der Waals surface area contributed by atoms with E-state index in [1.54, 1.807) is 32.4 Å². The minimum Gasteiger partial charge on any atom is -0.496 e. The smallest absolute Gasteiger partial charge is 0.345 e. The average molecular weight is 261 g/mol. The molecule has 2 rings (SSSR count). The number of ether oxygens (including phenoxy) is 1. The van der Waals surface area contributed by atoms with E-state index in [1.165, 1.54) is 22.5 Å². The van der Waals surface area contributed by atoms with Crippen molar-refractivity contribution in [2.45, 2.75) is 13.5 Å². The second kappa shape index (κ2) is 5.09. The van der Waals surface area contributed by atoms with Crippen molar-refractivity contribution >= 4 is 5.78 Å². The monoisotopic (exact) mass is 261 g/mol. The van der Waals surface area contributed by atoms with Crippen LogP contribution in [0.25, 0.3) is 0 Å². The van der Waals surface area contributed by atoms with Crippen molar-refractivity contribution in [3.63, 3.8) is 0 Å². The maximum absolute atomic E-state index is 11.7. The molecule has 0 N–H and O–H groups in total. The van der Waals surface area contributed by atoms with Crippen LogP contribution in [-0.4, -0.2) is 27.2 Å². The summed E-state index contributed by atoms with van der Waals surface area (Å²) in [7, 11) is 3.18. The van der Waals surface area contributed by atoms with Crippen LogP contribution in [0.1, 0.15) is 22.8 Å². The van der Waals surface area contributed by atoms with Crippen LogP contribution in [0.3, 0.4) is 0 Å². The van der Waals surface area contributed by atoms with Gasteiger partial charge in [0.15, 0.2) is 5.78 Å². The van der Waals surface area contributed by atoms with E-state index in [1.807, 2.05) is 0 Å². The normalized spacial score (nSPS) is 10.5. The summed E-state index contributed by atoms with van der Waals surface area (Å²) in [6.45, 7) is 1.77. The lowest BCUT2D eigenvalue weighted by Gasteiger charge is -2.09. The highest BCUT2D eigenvalue weighted by Gasteiger charge is 2.10. The summed E-state index contributed by atoms with van der Waals surface area (Å²) < 4.78 is 7.95. The van der Waals surface area contributed by atoms with Gasteiger partial charge in [0, 0.05) is 18.2 Å². The summed E-state index contributed by atoms with van der Waals surface area (Å²) in [5, 5.41) is 3.99. The number of Topliss-reactive ketones (excluding diaryl/α,β-unsaturated/α-hetero) is 1. The number of hydrogen-bond acceptors (Lipinski definition) is 4. The van der Waals surface area contributed by atoms with Gasteiger partial charge < -0.3 is 4.74 Å². The number of nitrogens with zero attached hydrogens (tertiary/aromatic N) is 3. The first kappa shape index (κ1) is 13.1. The van der Waals surface area contributed by atoms with Gasteiger partial charge in [0.05, 0.1) is 13.7 Å². The highest BCUT2D eigenvalue weighted by atomic mass is 16.5. The molecule has 1 heterocycles. The number of carbonyl (C=O) groups is 1. The third kappa shape index (κ3) is 2.57. The highest BCUT2D eigenvalue weighted by molar-refractivity contribution is 5.94.